The third-order valence-corrected chi connectivity index (χ3v) is 2.29. The van der Waals surface area contributed by atoms with Crippen LogP contribution in [0.15, 0.2) is 24.5 Å². The molecule has 7 nitrogen and oxygen atoms in total. The van der Waals surface area contributed by atoms with Crippen molar-refractivity contribution in [2.75, 3.05) is 20.1 Å². The molecule has 0 spiro atoms. The molecule has 7 heteroatoms. The van der Waals surface area contributed by atoms with E-state index in [1.807, 2.05) is 18.9 Å². The molecule has 0 fully saturated rings. The number of aliphatic hydroxyl groups is 1. The van der Waals surface area contributed by atoms with Crippen LogP contribution in [-0.2, 0) is 6.54 Å². The van der Waals surface area contributed by atoms with Gasteiger partial charge in [0.25, 0.3) is 0 Å². The molecule has 100 valence electrons. The molecule has 0 radical (unpaired) electrons. The smallest absolute Gasteiger partial charge is 0.306 e. The molecule has 0 saturated carbocycles. The Kier molecular flexibility index (Phi) is 4.99. The van der Waals surface area contributed by atoms with Crippen molar-refractivity contribution in [3.8, 4) is 0 Å². The molecule has 1 heterocycles. The van der Waals surface area contributed by atoms with Crippen LogP contribution >= 0.6 is 0 Å². The summed E-state index contributed by atoms with van der Waals surface area (Å²) in [7, 11) is 1.88. The molecule has 0 aliphatic heterocycles. The van der Waals surface area contributed by atoms with E-state index in [0.717, 1.165) is 5.57 Å². The normalized spacial score (nSPS) is 12.7. The Balaban J connectivity index is 2.46. The average Bonchev–Trinajstić information content (AvgIpc) is 2.63. The fourth-order valence-electron chi connectivity index (χ4n) is 1.71. The maximum absolute atomic E-state index is 10.5. The second-order valence-electron chi connectivity index (χ2n) is 4.49. The molecule has 1 rings (SSSR count). The largest absolute Gasteiger partial charge is 0.390 e. The van der Waals surface area contributed by atoms with Crippen LogP contribution in [-0.4, -0.2) is 51.0 Å². The maximum atomic E-state index is 10.5. The van der Waals surface area contributed by atoms with Crippen molar-refractivity contribution in [2.45, 2.75) is 19.6 Å². The van der Waals surface area contributed by atoms with E-state index in [4.69, 9.17) is 0 Å². The number of hydrogen-bond acceptors (Lipinski definition) is 5. The van der Waals surface area contributed by atoms with Gasteiger partial charge in [0.1, 0.15) is 12.4 Å². The Morgan fingerprint density at radius 3 is 2.94 bits per heavy atom. The molecule has 0 saturated heterocycles. The van der Waals surface area contributed by atoms with Gasteiger partial charge in [-0.2, -0.15) is 5.10 Å². The van der Waals surface area contributed by atoms with E-state index < -0.39 is 11.0 Å². The molecule has 0 amide bonds. The molecule has 1 aromatic rings. The SMILES string of the molecule is C=C(C)CN(C)CC(O)Cn1cc([N+](=O)[O-])cn1. The van der Waals surface area contributed by atoms with Crippen molar-refractivity contribution in [2.24, 2.45) is 0 Å². The van der Waals surface area contributed by atoms with Gasteiger partial charge in [-0.25, -0.2) is 0 Å². The van der Waals surface area contributed by atoms with E-state index in [9.17, 15) is 15.2 Å². The van der Waals surface area contributed by atoms with Gasteiger partial charge in [0.2, 0.25) is 0 Å². The quantitative estimate of drug-likeness (QED) is 0.439. The number of likely N-dealkylation sites (N-methyl/N-ethyl adjacent to an activating group) is 1. The molecule has 0 aliphatic rings. The fourth-order valence-corrected chi connectivity index (χ4v) is 1.71. The van der Waals surface area contributed by atoms with Crippen LogP contribution in [0.3, 0.4) is 0 Å². The van der Waals surface area contributed by atoms with Crippen LogP contribution in [0.25, 0.3) is 0 Å². The molecule has 1 aromatic heterocycles. The molecule has 1 unspecified atom stereocenters. The lowest BCUT2D eigenvalue weighted by Gasteiger charge is -2.20. The number of rotatable bonds is 7. The summed E-state index contributed by atoms with van der Waals surface area (Å²) in [5, 5.41) is 24.1. The topological polar surface area (TPSA) is 84.4 Å². The second-order valence-corrected chi connectivity index (χ2v) is 4.49. The Hall–Kier alpha value is -1.73. The second kappa shape index (κ2) is 6.27. The molecule has 0 aliphatic carbocycles. The molecule has 0 bridgehead atoms. The van der Waals surface area contributed by atoms with E-state index in [-0.39, 0.29) is 12.2 Å². The minimum Gasteiger partial charge on any atom is -0.390 e. The molecular formula is C11H18N4O3. The predicted octanol–water partition coefficient (Wildman–Crippen LogP) is 0.660. The molecule has 18 heavy (non-hydrogen) atoms. The van der Waals surface area contributed by atoms with Crippen LogP contribution in [0.5, 0.6) is 0 Å². The summed E-state index contributed by atoms with van der Waals surface area (Å²) < 4.78 is 1.37. The number of aromatic nitrogens is 2. The Morgan fingerprint density at radius 1 is 1.78 bits per heavy atom. The summed E-state index contributed by atoms with van der Waals surface area (Å²) in [6.07, 6.45) is 1.85. The lowest BCUT2D eigenvalue weighted by molar-refractivity contribution is -0.385. The minimum atomic E-state index is -0.631. The number of hydrogen-bond donors (Lipinski definition) is 1. The average molecular weight is 254 g/mol. The number of nitrogens with zero attached hydrogens (tertiary/aromatic N) is 4. The predicted molar refractivity (Wildman–Crippen MR) is 67.2 cm³/mol. The van der Waals surface area contributed by atoms with Gasteiger partial charge in [-0.15, -0.1) is 0 Å². The summed E-state index contributed by atoms with van der Waals surface area (Å²) in [4.78, 5) is 11.9. The first-order valence-corrected chi connectivity index (χ1v) is 5.56. The van der Waals surface area contributed by atoms with Gasteiger partial charge in [0, 0.05) is 13.1 Å². The van der Waals surface area contributed by atoms with Crippen LogP contribution in [0, 0.1) is 10.1 Å². The zero-order chi connectivity index (χ0) is 13.7. The highest BCUT2D eigenvalue weighted by Gasteiger charge is 2.13. The van der Waals surface area contributed by atoms with Crippen LogP contribution in [0.1, 0.15) is 6.92 Å². The Labute approximate surface area is 105 Å². The Bertz CT molecular complexity index is 430. The minimum absolute atomic E-state index is 0.0718. The maximum Gasteiger partial charge on any atom is 0.306 e. The standard InChI is InChI=1S/C11H18N4O3/c1-9(2)5-13(3)7-11(16)8-14-6-10(4-12-14)15(17)18/h4,6,11,16H,1,5,7-8H2,2-3H3. The van der Waals surface area contributed by atoms with Crippen molar-refractivity contribution >= 4 is 5.69 Å². The molecular weight excluding hydrogens is 236 g/mol. The summed E-state index contributed by atoms with van der Waals surface area (Å²) in [5.41, 5.74) is 0.942. The lowest BCUT2D eigenvalue weighted by Crippen LogP contribution is -2.33. The zero-order valence-corrected chi connectivity index (χ0v) is 10.6. The van der Waals surface area contributed by atoms with Crippen molar-refractivity contribution in [1.82, 2.24) is 14.7 Å². The van der Waals surface area contributed by atoms with Gasteiger partial charge in [-0.1, -0.05) is 12.2 Å². The molecule has 0 aromatic carbocycles. The van der Waals surface area contributed by atoms with Crippen molar-refractivity contribution < 1.29 is 10.0 Å². The summed E-state index contributed by atoms with van der Waals surface area (Å²) >= 11 is 0. The van der Waals surface area contributed by atoms with Crippen LogP contribution < -0.4 is 0 Å². The first-order valence-electron chi connectivity index (χ1n) is 5.56. The Morgan fingerprint density at radius 2 is 2.44 bits per heavy atom. The molecule has 1 atom stereocenters. The van der Waals surface area contributed by atoms with E-state index >= 15 is 0 Å². The van der Waals surface area contributed by atoms with E-state index in [2.05, 4.69) is 11.7 Å². The van der Waals surface area contributed by atoms with E-state index in [1.165, 1.54) is 17.1 Å². The van der Waals surface area contributed by atoms with Crippen LogP contribution in [0.4, 0.5) is 5.69 Å². The number of aliphatic hydroxyl groups excluding tert-OH is 1. The van der Waals surface area contributed by atoms with Gasteiger partial charge in [-0.05, 0) is 14.0 Å². The van der Waals surface area contributed by atoms with Crippen molar-refractivity contribution in [3.05, 3.63) is 34.7 Å². The van der Waals surface area contributed by atoms with Crippen molar-refractivity contribution in [3.63, 3.8) is 0 Å². The highest BCUT2D eigenvalue weighted by Crippen LogP contribution is 2.08. The first-order chi connectivity index (χ1) is 8.38. The monoisotopic (exact) mass is 254 g/mol. The third-order valence-electron chi connectivity index (χ3n) is 2.29. The fraction of sp³-hybridized carbons (Fsp3) is 0.545. The lowest BCUT2D eigenvalue weighted by atomic mass is 10.3. The van der Waals surface area contributed by atoms with Gasteiger partial charge < -0.3 is 5.11 Å². The summed E-state index contributed by atoms with van der Waals surface area (Å²) in [6.45, 7) is 7.10. The molecule has 1 N–H and O–H groups in total. The summed E-state index contributed by atoms with van der Waals surface area (Å²) in [5.74, 6) is 0. The zero-order valence-electron chi connectivity index (χ0n) is 10.6. The van der Waals surface area contributed by atoms with E-state index in [0.29, 0.717) is 13.1 Å². The highest BCUT2D eigenvalue weighted by molar-refractivity contribution is 5.20. The van der Waals surface area contributed by atoms with Gasteiger partial charge in [0.05, 0.1) is 17.6 Å². The van der Waals surface area contributed by atoms with Crippen molar-refractivity contribution in [1.29, 1.82) is 0 Å². The third kappa shape index (κ3) is 4.64. The van der Waals surface area contributed by atoms with E-state index in [1.54, 1.807) is 0 Å². The van der Waals surface area contributed by atoms with Gasteiger partial charge in [-0.3, -0.25) is 19.7 Å². The summed E-state index contributed by atoms with van der Waals surface area (Å²) in [6, 6.07) is 0. The highest BCUT2D eigenvalue weighted by atomic mass is 16.6. The number of nitro groups is 1. The van der Waals surface area contributed by atoms with Crippen LogP contribution in [0.2, 0.25) is 0 Å². The van der Waals surface area contributed by atoms with Gasteiger partial charge in [0.15, 0.2) is 0 Å². The van der Waals surface area contributed by atoms with Gasteiger partial charge >= 0.3 is 5.69 Å². The first kappa shape index (κ1) is 14.3.